The number of rotatable bonds is 4. The monoisotopic (exact) mass is 290 g/mol. The molecule has 0 spiro atoms. The molecule has 0 saturated heterocycles. The van der Waals surface area contributed by atoms with Crippen molar-refractivity contribution < 1.29 is 4.79 Å². The van der Waals surface area contributed by atoms with Crippen LogP contribution in [0.15, 0.2) is 47.4 Å². The van der Waals surface area contributed by atoms with E-state index in [0.29, 0.717) is 17.1 Å². The lowest BCUT2D eigenvalue weighted by atomic mass is 10.1. The fourth-order valence-electron chi connectivity index (χ4n) is 1.76. The summed E-state index contributed by atoms with van der Waals surface area (Å²) in [7, 11) is 1.64. The van der Waals surface area contributed by atoms with Crippen molar-refractivity contribution in [1.82, 2.24) is 4.57 Å². The second kappa shape index (κ2) is 6.39. The number of nitrogens with zero attached hydrogens (tertiary/aromatic N) is 1. The molecule has 1 aromatic heterocycles. The van der Waals surface area contributed by atoms with Crippen molar-refractivity contribution in [3.8, 4) is 0 Å². The summed E-state index contributed by atoms with van der Waals surface area (Å²) in [5.74, 6) is 0.270. The van der Waals surface area contributed by atoms with Gasteiger partial charge in [0.25, 0.3) is 11.5 Å². The Labute approximate surface area is 122 Å². The standard InChI is InChI=1S/C15H15ClN2O2/c1-18-9-7-12(10-14(18)19)15(20)17-13-4-2-11(3-5-13)6-8-16/h2-5,7,9-10H,6,8H2,1H3,(H,17,20). The highest BCUT2D eigenvalue weighted by atomic mass is 35.5. The van der Waals surface area contributed by atoms with Crippen molar-refractivity contribution >= 4 is 23.2 Å². The molecule has 104 valence electrons. The van der Waals surface area contributed by atoms with Crippen LogP contribution in [-0.2, 0) is 13.5 Å². The molecule has 0 unspecified atom stereocenters. The normalized spacial score (nSPS) is 10.3. The number of amides is 1. The molecule has 2 aromatic rings. The van der Waals surface area contributed by atoms with E-state index in [2.05, 4.69) is 5.32 Å². The molecule has 0 aliphatic rings. The van der Waals surface area contributed by atoms with Crippen molar-refractivity contribution in [2.45, 2.75) is 6.42 Å². The Kier molecular flexibility index (Phi) is 4.58. The third kappa shape index (κ3) is 3.48. The van der Waals surface area contributed by atoms with Gasteiger partial charge in [0.15, 0.2) is 0 Å². The Balaban J connectivity index is 2.10. The van der Waals surface area contributed by atoms with E-state index in [0.717, 1.165) is 12.0 Å². The predicted octanol–water partition coefficient (Wildman–Crippen LogP) is 2.42. The van der Waals surface area contributed by atoms with Crippen molar-refractivity contribution in [2.75, 3.05) is 11.2 Å². The molecule has 0 fully saturated rings. The van der Waals surface area contributed by atoms with Crippen LogP contribution in [0.25, 0.3) is 0 Å². The van der Waals surface area contributed by atoms with Crippen molar-refractivity contribution in [3.05, 3.63) is 64.1 Å². The van der Waals surface area contributed by atoms with Crippen LogP contribution in [-0.4, -0.2) is 16.4 Å². The van der Waals surface area contributed by atoms with E-state index in [1.165, 1.54) is 10.6 Å². The van der Waals surface area contributed by atoms with Crippen LogP contribution in [0.3, 0.4) is 0 Å². The molecule has 0 radical (unpaired) electrons. The summed E-state index contributed by atoms with van der Waals surface area (Å²) in [5.41, 5.74) is 1.94. The topological polar surface area (TPSA) is 51.1 Å². The average Bonchev–Trinajstić information content (AvgIpc) is 2.44. The maximum atomic E-state index is 12.0. The number of carbonyl (C=O) groups excluding carboxylic acids is 1. The highest BCUT2D eigenvalue weighted by molar-refractivity contribution is 6.18. The van der Waals surface area contributed by atoms with Gasteiger partial charge in [-0.1, -0.05) is 12.1 Å². The largest absolute Gasteiger partial charge is 0.322 e. The number of aromatic nitrogens is 1. The number of hydrogen-bond acceptors (Lipinski definition) is 2. The number of carbonyl (C=O) groups is 1. The van der Waals surface area contributed by atoms with E-state index in [9.17, 15) is 9.59 Å². The third-order valence-corrected chi connectivity index (χ3v) is 3.15. The molecule has 0 saturated carbocycles. The smallest absolute Gasteiger partial charge is 0.255 e. The minimum absolute atomic E-state index is 0.213. The summed E-state index contributed by atoms with van der Waals surface area (Å²) in [6.45, 7) is 0. The van der Waals surface area contributed by atoms with Crippen LogP contribution in [0.1, 0.15) is 15.9 Å². The fourth-order valence-corrected chi connectivity index (χ4v) is 1.98. The number of pyridine rings is 1. The molecule has 2 rings (SSSR count). The molecule has 0 aliphatic heterocycles. The number of hydrogen-bond donors (Lipinski definition) is 1. The number of benzene rings is 1. The lowest BCUT2D eigenvalue weighted by molar-refractivity contribution is 0.102. The number of halogens is 1. The van der Waals surface area contributed by atoms with E-state index in [-0.39, 0.29) is 11.5 Å². The Bertz CT molecular complexity index is 662. The van der Waals surface area contributed by atoms with Gasteiger partial charge < -0.3 is 9.88 Å². The predicted molar refractivity (Wildman–Crippen MR) is 80.5 cm³/mol. The van der Waals surface area contributed by atoms with Crippen molar-refractivity contribution in [3.63, 3.8) is 0 Å². The van der Waals surface area contributed by atoms with Gasteiger partial charge in [-0.2, -0.15) is 0 Å². The second-order valence-electron chi connectivity index (χ2n) is 4.45. The van der Waals surface area contributed by atoms with Crippen molar-refractivity contribution in [1.29, 1.82) is 0 Å². The van der Waals surface area contributed by atoms with Gasteiger partial charge in [0.2, 0.25) is 0 Å². The number of nitrogens with one attached hydrogen (secondary N) is 1. The lowest BCUT2D eigenvalue weighted by Crippen LogP contribution is -2.19. The van der Waals surface area contributed by atoms with Gasteiger partial charge in [-0.3, -0.25) is 9.59 Å². The molecule has 1 heterocycles. The van der Waals surface area contributed by atoms with Gasteiger partial charge in [0.05, 0.1) is 0 Å². The van der Waals surface area contributed by atoms with Gasteiger partial charge >= 0.3 is 0 Å². The van der Waals surface area contributed by atoms with Crippen LogP contribution in [0.4, 0.5) is 5.69 Å². The summed E-state index contributed by atoms with van der Waals surface area (Å²) < 4.78 is 1.41. The van der Waals surface area contributed by atoms with Crippen LogP contribution < -0.4 is 10.9 Å². The van der Waals surface area contributed by atoms with Crippen molar-refractivity contribution in [2.24, 2.45) is 7.05 Å². The first-order chi connectivity index (χ1) is 9.60. The minimum Gasteiger partial charge on any atom is -0.322 e. The zero-order chi connectivity index (χ0) is 14.5. The number of anilines is 1. The Hall–Kier alpha value is -2.07. The number of alkyl halides is 1. The second-order valence-corrected chi connectivity index (χ2v) is 4.83. The highest BCUT2D eigenvalue weighted by Crippen LogP contribution is 2.11. The van der Waals surface area contributed by atoms with E-state index < -0.39 is 0 Å². The summed E-state index contributed by atoms with van der Waals surface area (Å²) in [5, 5.41) is 2.75. The summed E-state index contributed by atoms with van der Waals surface area (Å²) >= 11 is 5.67. The SMILES string of the molecule is Cn1ccc(C(=O)Nc2ccc(CCCl)cc2)cc1=O. The minimum atomic E-state index is -0.298. The van der Waals surface area contributed by atoms with Gasteiger partial charge in [-0.05, 0) is 30.2 Å². The highest BCUT2D eigenvalue weighted by Gasteiger charge is 2.07. The zero-order valence-electron chi connectivity index (χ0n) is 11.1. The molecule has 0 atom stereocenters. The molecule has 5 heteroatoms. The number of aryl methyl sites for hydroxylation is 2. The van der Waals surface area contributed by atoms with Gasteiger partial charge in [0.1, 0.15) is 0 Å². The van der Waals surface area contributed by atoms with E-state index in [4.69, 9.17) is 11.6 Å². The first-order valence-corrected chi connectivity index (χ1v) is 6.76. The molecular formula is C15H15ClN2O2. The van der Waals surface area contributed by atoms with Crippen LogP contribution in [0.2, 0.25) is 0 Å². The first kappa shape index (κ1) is 14.3. The molecule has 4 nitrogen and oxygen atoms in total. The molecule has 1 N–H and O–H groups in total. The van der Waals surface area contributed by atoms with E-state index >= 15 is 0 Å². The third-order valence-electron chi connectivity index (χ3n) is 2.96. The van der Waals surface area contributed by atoms with Crippen LogP contribution >= 0.6 is 11.6 Å². The van der Waals surface area contributed by atoms with E-state index in [1.54, 1.807) is 19.3 Å². The molecule has 1 amide bonds. The molecule has 1 aromatic carbocycles. The Morgan fingerprint density at radius 1 is 1.25 bits per heavy atom. The lowest BCUT2D eigenvalue weighted by Gasteiger charge is -2.06. The molecule has 0 bridgehead atoms. The Morgan fingerprint density at radius 3 is 2.55 bits per heavy atom. The molecular weight excluding hydrogens is 276 g/mol. The Morgan fingerprint density at radius 2 is 1.95 bits per heavy atom. The average molecular weight is 291 g/mol. The summed E-state index contributed by atoms with van der Waals surface area (Å²) in [6.07, 6.45) is 2.37. The maximum Gasteiger partial charge on any atom is 0.255 e. The summed E-state index contributed by atoms with van der Waals surface area (Å²) in [6, 6.07) is 10.4. The molecule has 20 heavy (non-hydrogen) atoms. The van der Waals surface area contributed by atoms with Gasteiger partial charge in [-0.25, -0.2) is 0 Å². The van der Waals surface area contributed by atoms with Crippen LogP contribution in [0.5, 0.6) is 0 Å². The molecule has 0 aliphatic carbocycles. The summed E-state index contributed by atoms with van der Waals surface area (Å²) in [4.78, 5) is 23.5. The first-order valence-electron chi connectivity index (χ1n) is 6.23. The zero-order valence-corrected chi connectivity index (χ0v) is 11.9. The quantitative estimate of drug-likeness (QED) is 0.879. The van der Waals surface area contributed by atoms with Gasteiger partial charge in [-0.15, -0.1) is 11.6 Å². The maximum absolute atomic E-state index is 12.0. The fraction of sp³-hybridized carbons (Fsp3) is 0.200. The van der Waals surface area contributed by atoms with Gasteiger partial charge in [0, 0.05) is 36.4 Å². The van der Waals surface area contributed by atoms with E-state index in [1.807, 2.05) is 24.3 Å². The van der Waals surface area contributed by atoms with Crippen LogP contribution in [0, 0.1) is 0 Å².